The van der Waals surface area contributed by atoms with E-state index in [0.717, 1.165) is 21.3 Å². The number of amides is 1. The molecule has 1 aromatic heterocycles. The fraction of sp³-hybridized carbons (Fsp3) is 0.263. The van der Waals surface area contributed by atoms with Crippen molar-refractivity contribution in [3.05, 3.63) is 63.7 Å². The average molecular weight is 358 g/mol. The lowest BCUT2D eigenvalue weighted by molar-refractivity contribution is 0.0997. The van der Waals surface area contributed by atoms with Gasteiger partial charge in [-0.3, -0.25) is 4.79 Å². The summed E-state index contributed by atoms with van der Waals surface area (Å²) in [7, 11) is 1.64. The topological polar surface area (TPSA) is 43.6 Å². The molecule has 4 nitrogen and oxygen atoms in total. The SMILES string of the molecule is COCCn1c(=NC(=O)c2cccc(F)c2)sc2cc(C)cc(C)c21. The highest BCUT2D eigenvalue weighted by Crippen LogP contribution is 2.23. The van der Waals surface area contributed by atoms with Gasteiger partial charge in [0.1, 0.15) is 5.82 Å². The lowest BCUT2D eigenvalue weighted by Crippen LogP contribution is -2.19. The van der Waals surface area contributed by atoms with Crippen molar-refractivity contribution in [2.45, 2.75) is 20.4 Å². The van der Waals surface area contributed by atoms with Crippen LogP contribution in [0.2, 0.25) is 0 Å². The van der Waals surface area contributed by atoms with E-state index in [1.807, 2.05) is 18.4 Å². The van der Waals surface area contributed by atoms with Crippen LogP contribution < -0.4 is 4.80 Å². The van der Waals surface area contributed by atoms with Gasteiger partial charge in [0.15, 0.2) is 4.80 Å². The number of carbonyl (C=O) groups is 1. The molecule has 1 heterocycles. The molecule has 0 fully saturated rings. The van der Waals surface area contributed by atoms with Gasteiger partial charge in [0, 0.05) is 19.2 Å². The lowest BCUT2D eigenvalue weighted by atomic mass is 10.1. The summed E-state index contributed by atoms with van der Waals surface area (Å²) in [5, 5.41) is 0. The van der Waals surface area contributed by atoms with E-state index < -0.39 is 11.7 Å². The summed E-state index contributed by atoms with van der Waals surface area (Å²) in [5.41, 5.74) is 3.58. The van der Waals surface area contributed by atoms with Crippen LogP contribution in [0, 0.1) is 19.7 Å². The summed E-state index contributed by atoms with van der Waals surface area (Å²) < 4.78 is 21.6. The second-order valence-electron chi connectivity index (χ2n) is 5.88. The summed E-state index contributed by atoms with van der Waals surface area (Å²) in [4.78, 5) is 17.3. The largest absolute Gasteiger partial charge is 0.383 e. The average Bonchev–Trinajstić information content (AvgIpc) is 2.90. The summed E-state index contributed by atoms with van der Waals surface area (Å²) in [5.74, 6) is -0.900. The maximum Gasteiger partial charge on any atom is 0.279 e. The zero-order chi connectivity index (χ0) is 18.0. The highest BCUT2D eigenvalue weighted by molar-refractivity contribution is 7.16. The van der Waals surface area contributed by atoms with Crippen molar-refractivity contribution >= 4 is 27.5 Å². The molecule has 2 aromatic carbocycles. The highest BCUT2D eigenvalue weighted by atomic mass is 32.1. The van der Waals surface area contributed by atoms with E-state index in [4.69, 9.17) is 4.74 Å². The number of rotatable bonds is 4. The third-order valence-electron chi connectivity index (χ3n) is 3.90. The summed E-state index contributed by atoms with van der Waals surface area (Å²) in [6.45, 7) is 5.19. The van der Waals surface area contributed by atoms with Crippen molar-refractivity contribution in [3.63, 3.8) is 0 Å². The fourth-order valence-corrected chi connectivity index (χ4v) is 4.07. The molecule has 0 unspecified atom stereocenters. The third-order valence-corrected chi connectivity index (χ3v) is 4.93. The van der Waals surface area contributed by atoms with E-state index in [2.05, 4.69) is 17.1 Å². The van der Waals surface area contributed by atoms with Gasteiger partial charge in [-0.25, -0.2) is 4.39 Å². The summed E-state index contributed by atoms with van der Waals surface area (Å²) in [6, 6.07) is 9.78. The van der Waals surface area contributed by atoms with Gasteiger partial charge in [-0.15, -0.1) is 0 Å². The van der Waals surface area contributed by atoms with Crippen molar-refractivity contribution in [3.8, 4) is 0 Å². The number of aryl methyl sites for hydroxylation is 2. The molecule has 130 valence electrons. The Balaban J connectivity index is 2.17. The quantitative estimate of drug-likeness (QED) is 0.711. The minimum Gasteiger partial charge on any atom is -0.383 e. The van der Waals surface area contributed by atoms with E-state index in [1.165, 1.54) is 29.5 Å². The first-order chi connectivity index (χ1) is 12.0. The molecule has 0 aliphatic rings. The van der Waals surface area contributed by atoms with Gasteiger partial charge in [0.25, 0.3) is 5.91 Å². The van der Waals surface area contributed by atoms with Crippen molar-refractivity contribution in [1.29, 1.82) is 0 Å². The molecule has 0 atom stereocenters. The van der Waals surface area contributed by atoms with Crippen LogP contribution in [0.15, 0.2) is 41.4 Å². The normalized spacial score (nSPS) is 12.1. The number of benzene rings is 2. The Kier molecular flexibility index (Phi) is 5.11. The van der Waals surface area contributed by atoms with Gasteiger partial charge < -0.3 is 9.30 Å². The molecule has 0 spiro atoms. The molecule has 0 aliphatic heterocycles. The first kappa shape index (κ1) is 17.5. The molecule has 0 saturated heterocycles. The molecule has 1 amide bonds. The first-order valence-electron chi connectivity index (χ1n) is 7.94. The predicted molar refractivity (Wildman–Crippen MR) is 97.5 cm³/mol. The minimum absolute atomic E-state index is 0.239. The van der Waals surface area contributed by atoms with Crippen molar-refractivity contribution in [2.75, 3.05) is 13.7 Å². The van der Waals surface area contributed by atoms with Crippen molar-refractivity contribution < 1.29 is 13.9 Å². The zero-order valence-corrected chi connectivity index (χ0v) is 15.2. The van der Waals surface area contributed by atoms with Crippen LogP contribution in [0.25, 0.3) is 10.2 Å². The molecular weight excluding hydrogens is 339 g/mol. The van der Waals surface area contributed by atoms with Gasteiger partial charge >= 0.3 is 0 Å². The predicted octanol–water partition coefficient (Wildman–Crippen LogP) is 3.85. The number of thiazole rings is 1. The Morgan fingerprint density at radius 2 is 2.08 bits per heavy atom. The van der Waals surface area contributed by atoms with Crippen LogP contribution in [0.4, 0.5) is 4.39 Å². The number of halogens is 1. The summed E-state index contributed by atoms with van der Waals surface area (Å²) >= 11 is 1.46. The Morgan fingerprint density at radius 1 is 1.28 bits per heavy atom. The minimum atomic E-state index is -0.452. The standard InChI is InChI=1S/C19H19FN2O2S/c1-12-9-13(2)17-16(10-12)25-19(22(17)7-8-24-3)21-18(23)14-5-4-6-15(20)11-14/h4-6,9-11H,7-8H2,1-3H3. The summed E-state index contributed by atoms with van der Waals surface area (Å²) in [6.07, 6.45) is 0. The Hall–Kier alpha value is -2.31. The number of fused-ring (bicyclic) bond motifs is 1. The molecule has 3 rings (SSSR count). The molecular formula is C19H19FN2O2S. The van der Waals surface area contributed by atoms with E-state index in [1.54, 1.807) is 13.2 Å². The molecule has 0 N–H and O–H groups in total. The van der Waals surface area contributed by atoms with Gasteiger partial charge in [0.2, 0.25) is 0 Å². The Morgan fingerprint density at radius 3 is 2.80 bits per heavy atom. The van der Waals surface area contributed by atoms with Crippen LogP contribution >= 0.6 is 11.3 Å². The van der Waals surface area contributed by atoms with Gasteiger partial charge in [-0.1, -0.05) is 23.5 Å². The van der Waals surface area contributed by atoms with Crippen molar-refractivity contribution in [2.24, 2.45) is 4.99 Å². The van der Waals surface area contributed by atoms with Gasteiger partial charge in [-0.05, 0) is 49.2 Å². The Labute approximate surface area is 149 Å². The van der Waals surface area contributed by atoms with Gasteiger partial charge in [0.05, 0.1) is 16.8 Å². The van der Waals surface area contributed by atoms with Gasteiger partial charge in [-0.2, -0.15) is 4.99 Å². The number of carbonyl (C=O) groups excluding carboxylic acids is 1. The Bertz CT molecular complexity index is 1000. The van der Waals surface area contributed by atoms with Crippen LogP contribution in [0.5, 0.6) is 0 Å². The molecule has 0 radical (unpaired) electrons. The van der Waals surface area contributed by atoms with Crippen LogP contribution in [0.3, 0.4) is 0 Å². The smallest absolute Gasteiger partial charge is 0.279 e. The fourth-order valence-electron chi connectivity index (χ4n) is 2.84. The monoisotopic (exact) mass is 358 g/mol. The van der Waals surface area contributed by atoms with E-state index >= 15 is 0 Å². The third kappa shape index (κ3) is 3.70. The van der Waals surface area contributed by atoms with E-state index in [9.17, 15) is 9.18 Å². The maximum absolute atomic E-state index is 13.4. The van der Waals surface area contributed by atoms with Crippen LogP contribution in [0.1, 0.15) is 21.5 Å². The second kappa shape index (κ2) is 7.29. The number of hydrogen-bond acceptors (Lipinski definition) is 3. The lowest BCUT2D eigenvalue weighted by Gasteiger charge is -2.07. The molecule has 0 aliphatic carbocycles. The van der Waals surface area contributed by atoms with Crippen LogP contribution in [-0.2, 0) is 11.3 Å². The maximum atomic E-state index is 13.4. The molecule has 0 bridgehead atoms. The molecule has 0 saturated carbocycles. The number of nitrogens with zero attached hydrogens (tertiary/aromatic N) is 2. The first-order valence-corrected chi connectivity index (χ1v) is 8.75. The zero-order valence-electron chi connectivity index (χ0n) is 14.4. The number of hydrogen-bond donors (Lipinski definition) is 0. The number of aromatic nitrogens is 1. The number of ether oxygens (including phenoxy) is 1. The molecule has 25 heavy (non-hydrogen) atoms. The van der Waals surface area contributed by atoms with E-state index in [0.29, 0.717) is 18.0 Å². The second-order valence-corrected chi connectivity index (χ2v) is 6.89. The molecule has 3 aromatic rings. The van der Waals surface area contributed by atoms with E-state index in [-0.39, 0.29) is 5.56 Å². The highest BCUT2D eigenvalue weighted by Gasteiger charge is 2.12. The van der Waals surface area contributed by atoms with Crippen molar-refractivity contribution in [1.82, 2.24) is 4.57 Å². The number of methoxy groups -OCH3 is 1. The van der Waals surface area contributed by atoms with Crippen LogP contribution in [-0.4, -0.2) is 24.2 Å². The molecule has 6 heteroatoms.